The Morgan fingerprint density at radius 1 is 1.33 bits per heavy atom. The topological polar surface area (TPSA) is 86.6 Å². The van der Waals surface area contributed by atoms with E-state index in [2.05, 4.69) is 5.32 Å². The van der Waals surface area contributed by atoms with Crippen molar-refractivity contribution in [1.82, 2.24) is 5.32 Å². The van der Waals surface area contributed by atoms with E-state index < -0.39 is 17.4 Å². The molecule has 1 aliphatic carbocycles. The molecular formula is C16H21NO4. The van der Waals surface area contributed by atoms with Gasteiger partial charge in [-0.05, 0) is 37.8 Å². The second kappa shape index (κ2) is 5.76. The summed E-state index contributed by atoms with van der Waals surface area (Å²) in [6, 6.07) is 4.71. The first-order valence-electron chi connectivity index (χ1n) is 7.22. The first kappa shape index (κ1) is 15.4. The summed E-state index contributed by atoms with van der Waals surface area (Å²) in [4.78, 5) is 24.1. The summed E-state index contributed by atoms with van der Waals surface area (Å²) in [7, 11) is 0. The van der Waals surface area contributed by atoms with Crippen LogP contribution in [-0.2, 0) is 4.79 Å². The predicted octanol–water partition coefficient (Wildman–Crippen LogP) is 2.46. The lowest BCUT2D eigenvalue weighted by atomic mass is 9.73. The van der Waals surface area contributed by atoms with Crippen molar-refractivity contribution >= 4 is 11.9 Å². The maximum atomic E-state index is 12.4. The first-order valence-corrected chi connectivity index (χ1v) is 7.22. The maximum absolute atomic E-state index is 12.4. The highest BCUT2D eigenvalue weighted by Crippen LogP contribution is 2.34. The van der Waals surface area contributed by atoms with Gasteiger partial charge < -0.3 is 15.5 Å². The van der Waals surface area contributed by atoms with E-state index in [0.29, 0.717) is 6.42 Å². The van der Waals surface area contributed by atoms with Crippen LogP contribution in [0.25, 0.3) is 0 Å². The van der Waals surface area contributed by atoms with Crippen LogP contribution in [0.15, 0.2) is 18.2 Å². The molecule has 0 radical (unpaired) electrons. The number of aromatic hydroxyl groups is 1. The number of benzene rings is 1. The molecule has 1 aromatic carbocycles. The number of nitrogens with one attached hydrogen (secondary N) is 1. The van der Waals surface area contributed by atoms with Crippen LogP contribution in [-0.4, -0.2) is 27.6 Å². The average molecular weight is 291 g/mol. The molecule has 3 N–H and O–H groups in total. The summed E-state index contributed by atoms with van der Waals surface area (Å²) in [6.07, 6.45) is 2.94. The van der Waals surface area contributed by atoms with Gasteiger partial charge >= 0.3 is 5.97 Å². The van der Waals surface area contributed by atoms with Crippen LogP contribution in [0.2, 0.25) is 0 Å². The fourth-order valence-corrected chi connectivity index (χ4v) is 3.01. The van der Waals surface area contributed by atoms with Crippen LogP contribution in [0.3, 0.4) is 0 Å². The minimum absolute atomic E-state index is 0.119. The number of phenolic OH excluding ortho intramolecular Hbond substituents is 1. The van der Waals surface area contributed by atoms with E-state index in [1.807, 2.05) is 13.8 Å². The maximum Gasteiger partial charge on any atom is 0.329 e. The van der Waals surface area contributed by atoms with Gasteiger partial charge in [0.1, 0.15) is 11.3 Å². The number of carbonyl (C=O) groups excluding carboxylic acids is 1. The highest BCUT2D eigenvalue weighted by Gasteiger charge is 2.46. The van der Waals surface area contributed by atoms with Crippen LogP contribution in [0.5, 0.6) is 5.75 Å². The van der Waals surface area contributed by atoms with Crippen molar-refractivity contribution in [2.75, 3.05) is 0 Å². The molecule has 2 rings (SSSR count). The number of aliphatic carboxylic acids is 1. The molecule has 5 nitrogen and oxygen atoms in total. The zero-order chi connectivity index (χ0) is 15.6. The van der Waals surface area contributed by atoms with Crippen molar-refractivity contribution in [2.24, 2.45) is 5.92 Å². The molecule has 1 amide bonds. The largest absolute Gasteiger partial charge is 0.507 e. The zero-order valence-corrected chi connectivity index (χ0v) is 12.3. The quantitative estimate of drug-likeness (QED) is 0.798. The lowest BCUT2D eigenvalue weighted by Gasteiger charge is -2.39. The number of rotatable bonds is 3. The Kier molecular flexibility index (Phi) is 4.21. The normalized spacial score (nSPS) is 25.3. The van der Waals surface area contributed by atoms with Crippen LogP contribution in [0.1, 0.15) is 48.5 Å². The molecule has 0 saturated heterocycles. The summed E-state index contributed by atoms with van der Waals surface area (Å²) in [6.45, 7) is 3.66. The molecule has 0 heterocycles. The average Bonchev–Trinajstić information content (AvgIpc) is 2.43. The number of carbonyl (C=O) groups is 2. The third kappa shape index (κ3) is 2.86. The highest BCUT2D eigenvalue weighted by atomic mass is 16.4. The summed E-state index contributed by atoms with van der Waals surface area (Å²) in [5.41, 5.74) is -0.293. The minimum Gasteiger partial charge on any atom is -0.507 e. The molecular weight excluding hydrogens is 270 g/mol. The Labute approximate surface area is 124 Å². The number of carboxylic acid groups (broad SMARTS) is 1. The third-order valence-electron chi connectivity index (χ3n) is 4.41. The molecule has 1 fully saturated rings. The van der Waals surface area contributed by atoms with Crippen molar-refractivity contribution < 1.29 is 19.8 Å². The molecule has 1 aromatic rings. The molecule has 1 aliphatic rings. The number of aryl methyl sites for hydroxylation is 1. The second-order valence-electron chi connectivity index (χ2n) is 5.90. The molecule has 114 valence electrons. The van der Waals surface area contributed by atoms with E-state index in [4.69, 9.17) is 0 Å². The molecule has 0 aliphatic heterocycles. The second-order valence-corrected chi connectivity index (χ2v) is 5.90. The first-order chi connectivity index (χ1) is 9.86. The molecule has 1 saturated carbocycles. The molecule has 0 aromatic heterocycles. The number of hydrogen-bond acceptors (Lipinski definition) is 3. The summed E-state index contributed by atoms with van der Waals surface area (Å²) < 4.78 is 0. The van der Waals surface area contributed by atoms with Gasteiger partial charge in [0.05, 0.1) is 5.56 Å². The lowest BCUT2D eigenvalue weighted by Crippen LogP contribution is -2.60. The smallest absolute Gasteiger partial charge is 0.329 e. The van der Waals surface area contributed by atoms with Crippen molar-refractivity contribution in [2.45, 2.75) is 45.1 Å². The van der Waals surface area contributed by atoms with E-state index in [9.17, 15) is 19.8 Å². The zero-order valence-electron chi connectivity index (χ0n) is 12.3. The van der Waals surface area contributed by atoms with Crippen LogP contribution in [0.4, 0.5) is 0 Å². The minimum atomic E-state index is -1.24. The van der Waals surface area contributed by atoms with Gasteiger partial charge in [0.15, 0.2) is 0 Å². The SMILES string of the molecule is Cc1ccc(O)c(C(=O)NC2(C(=O)O)CCCCC2C)c1. The Bertz CT molecular complexity index is 569. The van der Waals surface area contributed by atoms with Gasteiger partial charge in [0.2, 0.25) is 0 Å². The molecule has 0 bridgehead atoms. The van der Waals surface area contributed by atoms with Crippen LogP contribution in [0, 0.1) is 12.8 Å². The number of hydrogen-bond donors (Lipinski definition) is 3. The molecule has 0 spiro atoms. The Balaban J connectivity index is 2.31. The highest BCUT2D eigenvalue weighted by molar-refractivity contribution is 6.00. The van der Waals surface area contributed by atoms with E-state index in [0.717, 1.165) is 24.8 Å². The van der Waals surface area contributed by atoms with Gasteiger partial charge in [-0.1, -0.05) is 31.4 Å². The van der Waals surface area contributed by atoms with Crippen LogP contribution < -0.4 is 5.32 Å². The van der Waals surface area contributed by atoms with Crippen molar-refractivity contribution in [3.63, 3.8) is 0 Å². The van der Waals surface area contributed by atoms with Crippen molar-refractivity contribution in [3.8, 4) is 5.75 Å². The van der Waals surface area contributed by atoms with Gasteiger partial charge in [-0.15, -0.1) is 0 Å². The monoisotopic (exact) mass is 291 g/mol. The van der Waals surface area contributed by atoms with Gasteiger partial charge in [-0.3, -0.25) is 4.79 Å². The van der Waals surface area contributed by atoms with E-state index in [1.54, 1.807) is 12.1 Å². The van der Waals surface area contributed by atoms with E-state index in [-0.39, 0.29) is 17.2 Å². The van der Waals surface area contributed by atoms with Crippen LogP contribution >= 0.6 is 0 Å². The third-order valence-corrected chi connectivity index (χ3v) is 4.41. The fraction of sp³-hybridized carbons (Fsp3) is 0.500. The fourth-order valence-electron chi connectivity index (χ4n) is 3.01. The Hall–Kier alpha value is -2.04. The molecule has 5 heteroatoms. The predicted molar refractivity (Wildman–Crippen MR) is 78.3 cm³/mol. The van der Waals surface area contributed by atoms with Gasteiger partial charge in [0, 0.05) is 0 Å². The van der Waals surface area contributed by atoms with Crippen molar-refractivity contribution in [3.05, 3.63) is 29.3 Å². The van der Waals surface area contributed by atoms with E-state index >= 15 is 0 Å². The number of carboxylic acids is 1. The van der Waals surface area contributed by atoms with Gasteiger partial charge in [-0.25, -0.2) is 4.79 Å². The van der Waals surface area contributed by atoms with Gasteiger partial charge in [0.25, 0.3) is 5.91 Å². The number of amides is 1. The van der Waals surface area contributed by atoms with E-state index in [1.165, 1.54) is 6.07 Å². The Morgan fingerprint density at radius 2 is 2.05 bits per heavy atom. The van der Waals surface area contributed by atoms with Crippen molar-refractivity contribution in [1.29, 1.82) is 0 Å². The standard InChI is InChI=1S/C16H21NO4/c1-10-6-7-13(18)12(9-10)14(19)17-16(15(20)21)8-4-3-5-11(16)2/h6-7,9,11,18H,3-5,8H2,1-2H3,(H,17,19)(H,20,21). The molecule has 21 heavy (non-hydrogen) atoms. The summed E-state index contributed by atoms with van der Waals surface area (Å²) >= 11 is 0. The van der Waals surface area contributed by atoms with Gasteiger partial charge in [-0.2, -0.15) is 0 Å². The summed E-state index contributed by atoms with van der Waals surface area (Å²) in [5, 5.41) is 22.1. The molecule has 2 atom stereocenters. The summed E-state index contributed by atoms with van der Waals surface area (Å²) in [5.74, 6) is -1.82. The number of phenols is 1. The molecule has 2 unspecified atom stereocenters. The lowest BCUT2D eigenvalue weighted by molar-refractivity contribution is -0.148. The Morgan fingerprint density at radius 3 is 2.67 bits per heavy atom.